The van der Waals surface area contributed by atoms with E-state index in [1.165, 1.54) is 39.4 Å². The van der Waals surface area contributed by atoms with E-state index in [1.54, 1.807) is 12.1 Å². The highest BCUT2D eigenvalue weighted by molar-refractivity contribution is 7.89. The number of ether oxygens (including phenoxy) is 2. The van der Waals surface area contributed by atoms with Crippen LogP contribution in [0.4, 0.5) is 5.69 Å². The smallest absolute Gasteiger partial charge is 0.242 e. The van der Waals surface area contributed by atoms with Crippen LogP contribution < -0.4 is 14.8 Å². The molecule has 158 valence electrons. The van der Waals surface area contributed by atoms with Gasteiger partial charge in [-0.3, -0.25) is 4.79 Å². The van der Waals surface area contributed by atoms with Crippen LogP contribution in [0.1, 0.15) is 18.4 Å². The zero-order valence-electron chi connectivity index (χ0n) is 16.9. The molecule has 2 aromatic carbocycles. The van der Waals surface area contributed by atoms with Crippen molar-refractivity contribution in [1.29, 1.82) is 0 Å². The molecule has 0 radical (unpaired) electrons. The first-order valence-corrected chi connectivity index (χ1v) is 10.8. The van der Waals surface area contributed by atoms with E-state index in [9.17, 15) is 13.2 Å². The number of sulfonamides is 1. The Morgan fingerprint density at radius 2 is 1.83 bits per heavy atom. The van der Waals surface area contributed by atoms with Crippen molar-refractivity contribution in [2.45, 2.75) is 24.7 Å². The fourth-order valence-electron chi connectivity index (χ4n) is 2.56. The molecule has 2 rings (SSSR count). The normalized spacial score (nSPS) is 11.4. The van der Waals surface area contributed by atoms with Crippen LogP contribution in [0.15, 0.2) is 41.3 Å². The van der Waals surface area contributed by atoms with E-state index >= 15 is 0 Å². The molecule has 0 atom stereocenters. The largest absolute Gasteiger partial charge is 0.495 e. The van der Waals surface area contributed by atoms with Gasteiger partial charge in [-0.2, -0.15) is 0 Å². The summed E-state index contributed by atoms with van der Waals surface area (Å²) in [5.41, 5.74) is 1.22. The zero-order valence-corrected chi connectivity index (χ0v) is 18.4. The molecule has 0 aliphatic rings. The van der Waals surface area contributed by atoms with Crippen LogP contribution in [0.2, 0.25) is 5.02 Å². The van der Waals surface area contributed by atoms with Crippen molar-refractivity contribution in [2.24, 2.45) is 0 Å². The summed E-state index contributed by atoms with van der Waals surface area (Å²) in [5.74, 6) is 0.835. The number of carbonyl (C=O) groups excluding carboxylic acids is 1. The maximum absolute atomic E-state index is 12.3. The summed E-state index contributed by atoms with van der Waals surface area (Å²) in [6, 6.07) is 9.69. The van der Waals surface area contributed by atoms with Crippen molar-refractivity contribution in [3.8, 4) is 11.5 Å². The molecule has 0 spiro atoms. The van der Waals surface area contributed by atoms with Crippen molar-refractivity contribution in [3.63, 3.8) is 0 Å². The lowest BCUT2D eigenvalue weighted by Gasteiger charge is -2.15. The minimum Gasteiger partial charge on any atom is -0.495 e. The number of rotatable bonds is 9. The molecule has 0 aliphatic heterocycles. The summed E-state index contributed by atoms with van der Waals surface area (Å²) >= 11 is 5.92. The fourth-order valence-corrected chi connectivity index (χ4v) is 3.71. The molecule has 1 amide bonds. The summed E-state index contributed by atoms with van der Waals surface area (Å²) in [5, 5.41) is 3.35. The van der Waals surface area contributed by atoms with Gasteiger partial charge in [-0.15, -0.1) is 0 Å². The Labute approximate surface area is 176 Å². The molecule has 2 aromatic rings. The summed E-state index contributed by atoms with van der Waals surface area (Å²) in [6.07, 6.45) is 0.701. The molecule has 0 heterocycles. The summed E-state index contributed by atoms with van der Waals surface area (Å²) in [6.45, 7) is 2.26. The Morgan fingerprint density at radius 3 is 2.45 bits per heavy atom. The molecule has 0 saturated heterocycles. The zero-order chi connectivity index (χ0) is 21.6. The number of anilines is 1. The number of amides is 1. The second-order valence-corrected chi connectivity index (χ2v) is 9.15. The molecular formula is C20H25ClN2O5S. The van der Waals surface area contributed by atoms with E-state index in [4.69, 9.17) is 21.1 Å². The number of hydrogen-bond acceptors (Lipinski definition) is 5. The van der Waals surface area contributed by atoms with Gasteiger partial charge in [-0.1, -0.05) is 11.6 Å². The van der Waals surface area contributed by atoms with Crippen molar-refractivity contribution in [1.82, 2.24) is 4.31 Å². The summed E-state index contributed by atoms with van der Waals surface area (Å²) in [4.78, 5) is 12.4. The first kappa shape index (κ1) is 23.0. The molecule has 7 nitrogen and oxygen atoms in total. The van der Waals surface area contributed by atoms with Gasteiger partial charge >= 0.3 is 0 Å². The van der Waals surface area contributed by atoms with E-state index in [0.29, 0.717) is 29.5 Å². The lowest BCUT2D eigenvalue weighted by Crippen LogP contribution is -2.22. The molecule has 1 N–H and O–H groups in total. The van der Waals surface area contributed by atoms with Crippen LogP contribution >= 0.6 is 11.6 Å². The van der Waals surface area contributed by atoms with Crippen LogP contribution in [0.25, 0.3) is 0 Å². The van der Waals surface area contributed by atoms with Crippen molar-refractivity contribution >= 4 is 33.2 Å². The molecule has 29 heavy (non-hydrogen) atoms. The quantitative estimate of drug-likeness (QED) is 0.601. The van der Waals surface area contributed by atoms with E-state index < -0.39 is 10.0 Å². The van der Waals surface area contributed by atoms with Gasteiger partial charge in [-0.25, -0.2) is 12.7 Å². The number of nitrogens with one attached hydrogen (secondary N) is 1. The Balaban J connectivity index is 1.97. The topological polar surface area (TPSA) is 84.9 Å². The number of halogens is 1. The predicted octanol–water partition coefficient (Wildman–Crippen LogP) is 3.71. The lowest BCUT2D eigenvalue weighted by molar-refractivity contribution is -0.116. The van der Waals surface area contributed by atoms with Crippen molar-refractivity contribution in [2.75, 3.05) is 33.1 Å². The number of carbonyl (C=O) groups is 1. The fraction of sp³-hybridized carbons (Fsp3) is 0.350. The lowest BCUT2D eigenvalue weighted by atomic mass is 10.2. The third-order valence-corrected chi connectivity index (χ3v) is 6.21. The number of nitrogens with zero attached hydrogens (tertiary/aromatic N) is 1. The SMILES string of the molecule is COc1ccc(S(=O)(=O)N(C)C)cc1NC(=O)CCCOc1ccc(Cl)cc1C. The second kappa shape index (κ2) is 9.96. The Morgan fingerprint density at radius 1 is 1.14 bits per heavy atom. The van der Waals surface area contributed by atoms with Crippen molar-refractivity contribution < 1.29 is 22.7 Å². The highest BCUT2D eigenvalue weighted by atomic mass is 35.5. The average Bonchev–Trinajstić information content (AvgIpc) is 2.66. The molecular weight excluding hydrogens is 416 g/mol. The molecule has 0 aromatic heterocycles. The highest BCUT2D eigenvalue weighted by Crippen LogP contribution is 2.28. The molecule has 0 saturated carbocycles. The first-order chi connectivity index (χ1) is 13.6. The van der Waals surface area contributed by atoms with E-state index in [-0.39, 0.29) is 17.2 Å². The van der Waals surface area contributed by atoms with Gasteiger partial charge in [-0.05, 0) is 55.3 Å². The maximum atomic E-state index is 12.3. The molecule has 0 bridgehead atoms. The summed E-state index contributed by atoms with van der Waals surface area (Å²) in [7, 11) is 0.719. The third-order valence-electron chi connectivity index (χ3n) is 4.17. The van der Waals surface area contributed by atoms with Crippen molar-refractivity contribution in [3.05, 3.63) is 47.0 Å². The van der Waals surface area contributed by atoms with Gasteiger partial charge in [0.05, 0.1) is 24.3 Å². The molecule has 9 heteroatoms. The monoisotopic (exact) mass is 440 g/mol. The Bertz CT molecular complexity index is 977. The Hall–Kier alpha value is -2.29. The van der Waals surface area contributed by atoms with Crippen LogP contribution in [0, 0.1) is 6.92 Å². The van der Waals surface area contributed by atoms with Gasteiger partial charge in [0, 0.05) is 25.5 Å². The van der Waals surface area contributed by atoms with Gasteiger partial charge in [0.25, 0.3) is 0 Å². The average molecular weight is 441 g/mol. The van der Waals surface area contributed by atoms with Crippen LogP contribution in [0.5, 0.6) is 11.5 Å². The van der Waals surface area contributed by atoms with E-state index in [0.717, 1.165) is 15.6 Å². The maximum Gasteiger partial charge on any atom is 0.242 e. The summed E-state index contributed by atoms with van der Waals surface area (Å²) < 4.78 is 36.6. The minimum atomic E-state index is -3.62. The predicted molar refractivity (Wildman–Crippen MR) is 113 cm³/mol. The Kier molecular flexibility index (Phi) is 7.89. The van der Waals surface area contributed by atoms with Crippen LogP contribution in [-0.4, -0.2) is 46.4 Å². The minimum absolute atomic E-state index is 0.0696. The van der Waals surface area contributed by atoms with Crippen LogP contribution in [0.3, 0.4) is 0 Å². The highest BCUT2D eigenvalue weighted by Gasteiger charge is 2.19. The number of hydrogen-bond donors (Lipinski definition) is 1. The third kappa shape index (κ3) is 6.09. The number of aryl methyl sites for hydroxylation is 1. The van der Waals surface area contributed by atoms with Gasteiger partial charge in [0.1, 0.15) is 11.5 Å². The van der Waals surface area contributed by atoms with E-state index in [1.807, 2.05) is 13.0 Å². The molecule has 0 unspecified atom stereocenters. The number of benzene rings is 2. The molecule has 0 aliphatic carbocycles. The van der Waals surface area contributed by atoms with Gasteiger partial charge < -0.3 is 14.8 Å². The first-order valence-electron chi connectivity index (χ1n) is 8.94. The standard InChI is InChI=1S/C20H25ClN2O5S/c1-14-12-15(21)7-9-18(14)28-11-5-6-20(24)22-17-13-16(8-10-19(17)27-4)29(25,26)23(2)3/h7-10,12-13H,5-6,11H2,1-4H3,(H,22,24). The molecule has 0 fully saturated rings. The van der Waals surface area contributed by atoms with Gasteiger partial charge in [0.15, 0.2) is 0 Å². The second-order valence-electron chi connectivity index (χ2n) is 6.56. The van der Waals surface area contributed by atoms with E-state index in [2.05, 4.69) is 5.32 Å². The number of methoxy groups -OCH3 is 1. The van der Waals surface area contributed by atoms with Crippen LogP contribution in [-0.2, 0) is 14.8 Å². The van der Waals surface area contributed by atoms with Gasteiger partial charge in [0.2, 0.25) is 15.9 Å².